The molecule has 4 aromatic rings. The molecule has 1 saturated heterocycles. The Kier molecular flexibility index (Phi) is 5.28. The van der Waals surface area contributed by atoms with Crippen molar-refractivity contribution < 1.29 is 9.53 Å². The van der Waals surface area contributed by atoms with Crippen LogP contribution in [0.1, 0.15) is 16.1 Å². The quantitative estimate of drug-likeness (QED) is 0.540. The van der Waals surface area contributed by atoms with Gasteiger partial charge in [-0.25, -0.2) is 9.97 Å². The highest BCUT2D eigenvalue weighted by atomic mass is 16.5. The Balaban J connectivity index is 1.32. The summed E-state index contributed by atoms with van der Waals surface area (Å²) in [6, 6.07) is 15.4. The van der Waals surface area contributed by atoms with E-state index < -0.39 is 0 Å². The molecule has 1 aliphatic rings. The summed E-state index contributed by atoms with van der Waals surface area (Å²) >= 11 is 0. The van der Waals surface area contributed by atoms with E-state index in [1.54, 1.807) is 24.8 Å². The van der Waals surface area contributed by atoms with Gasteiger partial charge in [0.15, 0.2) is 5.65 Å². The predicted molar refractivity (Wildman–Crippen MR) is 118 cm³/mol. The van der Waals surface area contributed by atoms with Crippen molar-refractivity contribution >= 4 is 28.4 Å². The third-order valence-electron chi connectivity index (χ3n) is 5.26. The summed E-state index contributed by atoms with van der Waals surface area (Å²) in [6.45, 7) is 3.70. The van der Waals surface area contributed by atoms with Gasteiger partial charge in [0.25, 0.3) is 5.91 Å². The number of anilines is 2. The number of rotatable bonds is 5. The van der Waals surface area contributed by atoms with Crippen LogP contribution in [0, 0.1) is 0 Å². The average molecular weight is 414 g/mol. The molecule has 1 fully saturated rings. The lowest BCUT2D eigenvalue weighted by molar-refractivity contribution is 0.102. The van der Waals surface area contributed by atoms with Crippen molar-refractivity contribution in [3.63, 3.8) is 0 Å². The van der Waals surface area contributed by atoms with Gasteiger partial charge < -0.3 is 19.5 Å². The summed E-state index contributed by atoms with van der Waals surface area (Å²) in [6.07, 6.45) is 5.07. The van der Waals surface area contributed by atoms with E-state index in [1.807, 2.05) is 47.0 Å². The largest absolute Gasteiger partial charge is 0.378 e. The van der Waals surface area contributed by atoms with Gasteiger partial charge in [0, 0.05) is 36.9 Å². The number of carbonyl (C=O) groups excluding carboxylic acids is 1. The molecule has 31 heavy (non-hydrogen) atoms. The molecular weight excluding hydrogens is 392 g/mol. The second kappa shape index (κ2) is 8.53. The zero-order valence-corrected chi connectivity index (χ0v) is 16.9. The molecule has 3 aromatic heterocycles. The number of imidazole rings is 1. The van der Waals surface area contributed by atoms with Crippen molar-refractivity contribution in [2.24, 2.45) is 0 Å². The highest BCUT2D eigenvalue weighted by molar-refractivity contribution is 6.05. The number of ether oxygens (including phenoxy) is 1. The van der Waals surface area contributed by atoms with Gasteiger partial charge in [0.2, 0.25) is 0 Å². The Morgan fingerprint density at radius 3 is 2.77 bits per heavy atom. The monoisotopic (exact) mass is 414 g/mol. The van der Waals surface area contributed by atoms with Gasteiger partial charge in [-0.15, -0.1) is 0 Å². The average Bonchev–Trinajstić information content (AvgIpc) is 3.22. The van der Waals surface area contributed by atoms with Crippen LogP contribution in [-0.2, 0) is 11.3 Å². The summed E-state index contributed by atoms with van der Waals surface area (Å²) in [4.78, 5) is 28.3. The second-order valence-electron chi connectivity index (χ2n) is 7.36. The summed E-state index contributed by atoms with van der Waals surface area (Å²) < 4.78 is 7.34. The van der Waals surface area contributed by atoms with Gasteiger partial charge in [0.05, 0.1) is 37.3 Å². The highest BCUT2D eigenvalue weighted by Gasteiger charge is 2.14. The molecule has 0 spiro atoms. The molecule has 8 nitrogen and oxygen atoms in total. The number of hydrogen-bond acceptors (Lipinski definition) is 6. The van der Waals surface area contributed by atoms with E-state index in [4.69, 9.17) is 4.74 Å². The van der Waals surface area contributed by atoms with Crippen molar-refractivity contribution in [2.45, 2.75) is 6.54 Å². The third-order valence-corrected chi connectivity index (χ3v) is 5.26. The number of morpholine rings is 1. The van der Waals surface area contributed by atoms with Crippen LogP contribution >= 0.6 is 0 Å². The molecule has 4 heterocycles. The molecule has 0 unspecified atom stereocenters. The number of benzene rings is 1. The fourth-order valence-electron chi connectivity index (χ4n) is 3.66. The minimum absolute atomic E-state index is 0.215. The number of fused-ring (bicyclic) bond motifs is 1. The fraction of sp³-hybridized carbons (Fsp3) is 0.217. The van der Waals surface area contributed by atoms with Gasteiger partial charge in [-0.1, -0.05) is 12.1 Å². The van der Waals surface area contributed by atoms with E-state index in [1.165, 1.54) is 0 Å². The SMILES string of the molecule is O=C(Nc1cccc(N2CCOCC2)c1)c1cnc2c(c1)ncn2Cc1ccccn1. The lowest BCUT2D eigenvalue weighted by Crippen LogP contribution is -2.36. The number of carbonyl (C=O) groups is 1. The maximum Gasteiger partial charge on any atom is 0.257 e. The first kappa shape index (κ1) is 19.2. The number of aromatic nitrogens is 4. The van der Waals surface area contributed by atoms with Crippen LogP contribution in [0.25, 0.3) is 11.2 Å². The van der Waals surface area contributed by atoms with E-state index in [-0.39, 0.29) is 5.91 Å². The predicted octanol–water partition coefficient (Wildman–Crippen LogP) is 2.96. The van der Waals surface area contributed by atoms with Crippen LogP contribution in [0.15, 0.2) is 67.3 Å². The van der Waals surface area contributed by atoms with Crippen molar-refractivity contribution in [1.29, 1.82) is 0 Å². The van der Waals surface area contributed by atoms with Gasteiger partial charge in [-0.3, -0.25) is 9.78 Å². The Morgan fingerprint density at radius 2 is 1.94 bits per heavy atom. The van der Waals surface area contributed by atoms with Gasteiger partial charge in [0.1, 0.15) is 5.52 Å². The molecule has 1 aromatic carbocycles. The number of nitrogens with one attached hydrogen (secondary N) is 1. The van der Waals surface area contributed by atoms with Crippen molar-refractivity contribution in [3.05, 3.63) is 78.5 Å². The van der Waals surface area contributed by atoms with E-state index in [9.17, 15) is 4.79 Å². The molecule has 8 heteroatoms. The molecule has 0 atom stereocenters. The number of amides is 1. The van der Waals surface area contributed by atoms with Gasteiger partial charge in [-0.05, 0) is 36.4 Å². The fourth-order valence-corrected chi connectivity index (χ4v) is 3.66. The summed E-state index contributed by atoms with van der Waals surface area (Å²) in [5.41, 5.74) is 4.60. The number of pyridine rings is 2. The molecule has 1 amide bonds. The van der Waals surface area contributed by atoms with Crippen LogP contribution in [0.4, 0.5) is 11.4 Å². The summed E-state index contributed by atoms with van der Waals surface area (Å²) in [5, 5.41) is 2.97. The molecule has 5 rings (SSSR count). The smallest absolute Gasteiger partial charge is 0.257 e. The topological polar surface area (TPSA) is 85.2 Å². The molecular formula is C23H22N6O2. The maximum atomic E-state index is 12.8. The summed E-state index contributed by atoms with van der Waals surface area (Å²) in [5.74, 6) is -0.215. The molecule has 0 aliphatic carbocycles. The Morgan fingerprint density at radius 1 is 1.03 bits per heavy atom. The molecule has 1 N–H and O–H groups in total. The maximum absolute atomic E-state index is 12.8. The van der Waals surface area contributed by atoms with Gasteiger partial charge >= 0.3 is 0 Å². The highest BCUT2D eigenvalue weighted by Crippen LogP contribution is 2.21. The van der Waals surface area contributed by atoms with E-state index in [0.717, 1.165) is 49.0 Å². The van der Waals surface area contributed by atoms with Crippen LogP contribution < -0.4 is 10.2 Å². The molecule has 1 aliphatic heterocycles. The van der Waals surface area contributed by atoms with Crippen LogP contribution in [0.3, 0.4) is 0 Å². The first-order valence-electron chi connectivity index (χ1n) is 10.2. The molecule has 156 valence electrons. The first-order chi connectivity index (χ1) is 15.3. The Labute approximate surface area is 179 Å². The summed E-state index contributed by atoms with van der Waals surface area (Å²) in [7, 11) is 0. The van der Waals surface area contributed by atoms with Crippen molar-refractivity contribution in [1.82, 2.24) is 19.5 Å². The zero-order chi connectivity index (χ0) is 21.0. The zero-order valence-electron chi connectivity index (χ0n) is 16.9. The van der Waals surface area contributed by atoms with E-state index >= 15 is 0 Å². The van der Waals surface area contributed by atoms with Crippen LogP contribution in [0.2, 0.25) is 0 Å². The molecule has 0 bridgehead atoms. The van der Waals surface area contributed by atoms with E-state index in [2.05, 4.69) is 25.2 Å². The number of hydrogen-bond donors (Lipinski definition) is 1. The Hall–Kier alpha value is -3.78. The minimum atomic E-state index is -0.215. The minimum Gasteiger partial charge on any atom is -0.378 e. The molecule has 0 saturated carbocycles. The van der Waals surface area contributed by atoms with Gasteiger partial charge in [-0.2, -0.15) is 0 Å². The lowest BCUT2D eigenvalue weighted by atomic mass is 10.2. The standard InChI is InChI=1S/C23H22N6O2/c30-23(27-18-5-3-6-20(13-18)28-8-10-31-11-9-28)17-12-21-22(25-14-17)29(16-26-21)15-19-4-1-2-7-24-19/h1-7,12-14,16H,8-11,15H2,(H,27,30). The Bertz CT molecular complexity index is 1200. The normalized spacial score (nSPS) is 14.0. The van der Waals surface area contributed by atoms with Crippen molar-refractivity contribution in [2.75, 3.05) is 36.5 Å². The lowest BCUT2D eigenvalue weighted by Gasteiger charge is -2.29. The first-order valence-corrected chi connectivity index (χ1v) is 10.2. The van der Waals surface area contributed by atoms with Crippen LogP contribution in [-0.4, -0.2) is 51.7 Å². The van der Waals surface area contributed by atoms with E-state index in [0.29, 0.717) is 17.6 Å². The van der Waals surface area contributed by atoms with Crippen LogP contribution in [0.5, 0.6) is 0 Å². The molecule has 0 radical (unpaired) electrons. The second-order valence-corrected chi connectivity index (χ2v) is 7.36. The third kappa shape index (κ3) is 4.24. The van der Waals surface area contributed by atoms with Crippen molar-refractivity contribution in [3.8, 4) is 0 Å². The number of nitrogens with zero attached hydrogens (tertiary/aromatic N) is 5.